The standard InChI is InChI=1S/C36H23NO/c1-3-9-26-19-30(16-13-24(26)7-1)37(31-17-14-25-8-2-4-10-27(25)20-31)32-18-15-28-23-36-34(22-29(28)21-32)33-11-5-6-12-35(33)38-36/h1-23H. The van der Waals surface area contributed by atoms with Crippen molar-refractivity contribution in [3.05, 3.63) is 140 Å². The normalized spacial score (nSPS) is 11.7. The van der Waals surface area contributed by atoms with Crippen LogP contribution in [0.3, 0.4) is 0 Å². The Bertz CT molecular complexity index is 2070. The Labute approximate surface area is 220 Å². The number of benzene rings is 7. The molecule has 0 atom stereocenters. The Balaban J connectivity index is 1.36. The first-order valence-electron chi connectivity index (χ1n) is 12.9. The number of rotatable bonds is 3. The summed E-state index contributed by atoms with van der Waals surface area (Å²) in [6.07, 6.45) is 0. The predicted octanol–water partition coefficient (Wildman–Crippen LogP) is 10.5. The number of nitrogens with zero attached hydrogens (tertiary/aromatic N) is 1. The zero-order chi connectivity index (χ0) is 25.1. The molecular formula is C36H23NO. The van der Waals surface area contributed by atoms with Crippen LogP contribution in [-0.2, 0) is 0 Å². The highest BCUT2D eigenvalue weighted by Crippen LogP contribution is 2.40. The van der Waals surface area contributed by atoms with E-state index in [0.29, 0.717) is 0 Å². The van der Waals surface area contributed by atoms with E-state index >= 15 is 0 Å². The highest BCUT2D eigenvalue weighted by atomic mass is 16.3. The van der Waals surface area contributed by atoms with Crippen LogP contribution < -0.4 is 4.90 Å². The number of furan rings is 1. The maximum Gasteiger partial charge on any atom is 0.136 e. The molecule has 0 N–H and O–H groups in total. The zero-order valence-corrected chi connectivity index (χ0v) is 20.6. The average Bonchev–Trinajstić information content (AvgIpc) is 3.33. The molecule has 8 aromatic rings. The summed E-state index contributed by atoms with van der Waals surface area (Å²) in [6, 6.07) is 49.9. The van der Waals surface area contributed by atoms with Crippen LogP contribution in [0.5, 0.6) is 0 Å². The molecule has 0 unspecified atom stereocenters. The average molecular weight is 486 g/mol. The van der Waals surface area contributed by atoms with Gasteiger partial charge in [0, 0.05) is 27.8 Å². The van der Waals surface area contributed by atoms with Crippen molar-refractivity contribution in [3.8, 4) is 0 Å². The first kappa shape index (κ1) is 21.0. The Kier molecular flexibility index (Phi) is 4.55. The van der Waals surface area contributed by atoms with Crippen molar-refractivity contribution in [2.24, 2.45) is 0 Å². The molecule has 2 heteroatoms. The van der Waals surface area contributed by atoms with E-state index in [0.717, 1.165) is 44.4 Å². The van der Waals surface area contributed by atoms with Gasteiger partial charge in [-0.3, -0.25) is 0 Å². The lowest BCUT2D eigenvalue weighted by Gasteiger charge is -2.26. The molecule has 2 nitrogen and oxygen atoms in total. The summed E-state index contributed by atoms with van der Waals surface area (Å²) < 4.78 is 6.15. The van der Waals surface area contributed by atoms with E-state index in [4.69, 9.17) is 4.42 Å². The highest BCUT2D eigenvalue weighted by Gasteiger charge is 2.15. The van der Waals surface area contributed by atoms with Crippen LogP contribution in [-0.4, -0.2) is 0 Å². The van der Waals surface area contributed by atoms with Gasteiger partial charge in [-0.15, -0.1) is 0 Å². The Morgan fingerprint density at radius 1 is 0.342 bits per heavy atom. The molecule has 0 aliphatic heterocycles. The summed E-state index contributed by atoms with van der Waals surface area (Å²) in [5, 5.41) is 9.57. The molecule has 1 heterocycles. The second-order valence-corrected chi connectivity index (χ2v) is 9.88. The second-order valence-electron chi connectivity index (χ2n) is 9.88. The molecule has 0 fully saturated rings. The fourth-order valence-electron chi connectivity index (χ4n) is 5.67. The molecule has 1 aromatic heterocycles. The van der Waals surface area contributed by atoms with E-state index in [9.17, 15) is 0 Å². The van der Waals surface area contributed by atoms with Crippen LogP contribution in [0.2, 0.25) is 0 Å². The molecule has 0 saturated heterocycles. The number of anilines is 3. The molecule has 0 aliphatic carbocycles. The van der Waals surface area contributed by atoms with Gasteiger partial charge in [-0.1, -0.05) is 84.9 Å². The van der Waals surface area contributed by atoms with Crippen LogP contribution in [0.15, 0.2) is 144 Å². The molecule has 8 rings (SSSR count). The number of para-hydroxylation sites is 1. The monoisotopic (exact) mass is 485 g/mol. The van der Waals surface area contributed by atoms with E-state index in [2.05, 4.69) is 132 Å². The van der Waals surface area contributed by atoms with Gasteiger partial charge < -0.3 is 9.32 Å². The smallest absolute Gasteiger partial charge is 0.136 e. The number of hydrogen-bond donors (Lipinski definition) is 0. The molecule has 0 radical (unpaired) electrons. The fraction of sp³-hybridized carbons (Fsp3) is 0. The Morgan fingerprint density at radius 2 is 0.842 bits per heavy atom. The van der Waals surface area contributed by atoms with Gasteiger partial charge in [-0.05, 0) is 86.9 Å². The number of hydrogen-bond acceptors (Lipinski definition) is 2. The van der Waals surface area contributed by atoms with Crippen LogP contribution in [0.25, 0.3) is 54.3 Å². The lowest BCUT2D eigenvalue weighted by Crippen LogP contribution is -2.10. The van der Waals surface area contributed by atoms with Crippen molar-refractivity contribution in [1.29, 1.82) is 0 Å². The third-order valence-corrected chi connectivity index (χ3v) is 7.56. The Hall–Kier alpha value is -5.08. The van der Waals surface area contributed by atoms with E-state index < -0.39 is 0 Å². The maximum absolute atomic E-state index is 6.15. The molecular weight excluding hydrogens is 462 g/mol. The molecule has 0 bridgehead atoms. The van der Waals surface area contributed by atoms with Crippen molar-refractivity contribution in [3.63, 3.8) is 0 Å². The summed E-state index contributed by atoms with van der Waals surface area (Å²) in [6.45, 7) is 0. The molecule has 7 aromatic carbocycles. The minimum Gasteiger partial charge on any atom is -0.456 e. The van der Waals surface area contributed by atoms with Gasteiger partial charge in [0.2, 0.25) is 0 Å². The van der Waals surface area contributed by atoms with Crippen molar-refractivity contribution in [2.45, 2.75) is 0 Å². The summed E-state index contributed by atoms with van der Waals surface area (Å²) >= 11 is 0. The van der Waals surface area contributed by atoms with E-state index in [1.807, 2.05) is 12.1 Å². The minimum atomic E-state index is 0.923. The lowest BCUT2D eigenvalue weighted by molar-refractivity contribution is 0.669. The molecule has 0 amide bonds. The van der Waals surface area contributed by atoms with Crippen LogP contribution >= 0.6 is 0 Å². The molecule has 38 heavy (non-hydrogen) atoms. The van der Waals surface area contributed by atoms with Gasteiger partial charge in [0.05, 0.1) is 0 Å². The van der Waals surface area contributed by atoms with E-state index in [-0.39, 0.29) is 0 Å². The Morgan fingerprint density at radius 3 is 1.50 bits per heavy atom. The van der Waals surface area contributed by atoms with Gasteiger partial charge >= 0.3 is 0 Å². The third-order valence-electron chi connectivity index (χ3n) is 7.56. The van der Waals surface area contributed by atoms with Gasteiger partial charge in [0.15, 0.2) is 0 Å². The second kappa shape index (κ2) is 8.22. The maximum atomic E-state index is 6.15. The van der Waals surface area contributed by atoms with E-state index in [1.54, 1.807) is 0 Å². The summed E-state index contributed by atoms with van der Waals surface area (Å²) in [5.74, 6) is 0. The van der Waals surface area contributed by atoms with Crippen LogP contribution in [0.4, 0.5) is 17.1 Å². The van der Waals surface area contributed by atoms with E-state index in [1.165, 1.54) is 26.9 Å². The fourth-order valence-corrected chi connectivity index (χ4v) is 5.67. The first-order chi connectivity index (χ1) is 18.8. The van der Waals surface area contributed by atoms with Crippen LogP contribution in [0.1, 0.15) is 0 Å². The molecule has 178 valence electrons. The largest absolute Gasteiger partial charge is 0.456 e. The van der Waals surface area contributed by atoms with Crippen molar-refractivity contribution in [1.82, 2.24) is 0 Å². The van der Waals surface area contributed by atoms with Crippen molar-refractivity contribution < 1.29 is 4.42 Å². The molecule has 0 spiro atoms. The summed E-state index contributed by atoms with van der Waals surface area (Å²) in [4.78, 5) is 2.36. The van der Waals surface area contributed by atoms with Gasteiger partial charge in [-0.25, -0.2) is 0 Å². The SMILES string of the molecule is c1ccc2cc(N(c3ccc4ccccc4c3)c3ccc4cc5oc6ccccc6c5cc4c3)ccc2c1. The molecule has 0 aliphatic rings. The number of fused-ring (bicyclic) bond motifs is 6. The molecule has 0 saturated carbocycles. The zero-order valence-electron chi connectivity index (χ0n) is 20.6. The van der Waals surface area contributed by atoms with Crippen molar-refractivity contribution in [2.75, 3.05) is 4.90 Å². The third kappa shape index (κ3) is 3.35. The summed E-state index contributed by atoms with van der Waals surface area (Å²) in [5.41, 5.74) is 5.23. The van der Waals surface area contributed by atoms with Crippen LogP contribution in [0, 0.1) is 0 Å². The minimum absolute atomic E-state index is 0.923. The van der Waals surface area contributed by atoms with Crippen molar-refractivity contribution >= 4 is 71.3 Å². The van der Waals surface area contributed by atoms with Gasteiger partial charge in [0.1, 0.15) is 11.2 Å². The van der Waals surface area contributed by atoms with Gasteiger partial charge in [-0.2, -0.15) is 0 Å². The van der Waals surface area contributed by atoms with Gasteiger partial charge in [0.25, 0.3) is 0 Å². The quantitative estimate of drug-likeness (QED) is 0.247. The first-order valence-corrected chi connectivity index (χ1v) is 12.9. The highest BCUT2D eigenvalue weighted by molar-refractivity contribution is 6.10. The lowest BCUT2D eigenvalue weighted by atomic mass is 10.0. The topological polar surface area (TPSA) is 16.4 Å². The predicted molar refractivity (Wildman–Crippen MR) is 161 cm³/mol. The summed E-state index contributed by atoms with van der Waals surface area (Å²) in [7, 11) is 0.